The molecule has 3 rings (SSSR count). The third-order valence-electron chi connectivity index (χ3n) is 3.78. The number of carbonyl (C=O) groups excluding carboxylic acids is 1. The van der Waals surface area contributed by atoms with Crippen LogP contribution in [0.2, 0.25) is 0 Å². The van der Waals surface area contributed by atoms with Gasteiger partial charge in [-0.05, 0) is 24.1 Å². The number of piperazine rings is 1. The van der Waals surface area contributed by atoms with Crippen LogP contribution >= 0.6 is 23.3 Å². The van der Waals surface area contributed by atoms with Crippen molar-refractivity contribution in [3.63, 3.8) is 0 Å². The van der Waals surface area contributed by atoms with E-state index in [1.807, 2.05) is 19.9 Å². The molecule has 0 aromatic heterocycles. The number of hydrogen-bond acceptors (Lipinski definition) is 6. The Morgan fingerprint density at radius 1 is 1.14 bits per heavy atom. The number of fused-ring (bicyclic) bond motifs is 1. The summed E-state index contributed by atoms with van der Waals surface area (Å²) in [5.74, 6) is 1.07. The molecule has 1 fully saturated rings. The normalized spacial score (nSPS) is 16.0. The van der Waals surface area contributed by atoms with E-state index in [1.165, 1.54) is 5.56 Å². The Balaban J connectivity index is 0.000000561. The molecule has 0 saturated carbocycles. The molecule has 1 aromatic carbocycles. The molecule has 4 nitrogen and oxygen atoms in total. The van der Waals surface area contributed by atoms with Crippen LogP contribution in [0.4, 0.5) is 5.69 Å². The molecular weight excluding hydrogens is 316 g/mol. The second-order valence-electron chi connectivity index (χ2n) is 4.84. The number of Topliss-reactive ketones (excluding diaryl/α,β-unsaturated/α-hetero) is 1. The van der Waals surface area contributed by atoms with Gasteiger partial charge in [0.1, 0.15) is 5.75 Å². The lowest BCUT2D eigenvalue weighted by Gasteiger charge is -2.31. The molecule has 1 aliphatic heterocycles. The lowest BCUT2D eigenvalue weighted by Crippen LogP contribution is -2.43. The van der Waals surface area contributed by atoms with Gasteiger partial charge in [-0.3, -0.25) is 4.79 Å². The Labute approximate surface area is 143 Å². The number of anilines is 1. The fraction of sp³-hybridized carbons (Fsp3) is 0.562. The number of thiol groups is 2. The largest absolute Gasteiger partial charge is 0.495 e. The van der Waals surface area contributed by atoms with Crippen molar-refractivity contribution < 1.29 is 9.53 Å². The number of hydrogen-bond donors (Lipinski definition) is 3. The van der Waals surface area contributed by atoms with Crippen LogP contribution in [-0.2, 0) is 6.42 Å². The average Bonchev–Trinajstić information content (AvgIpc) is 2.98. The summed E-state index contributed by atoms with van der Waals surface area (Å²) in [7, 11) is 1.67. The Morgan fingerprint density at radius 2 is 1.77 bits per heavy atom. The zero-order valence-corrected chi connectivity index (χ0v) is 15.3. The van der Waals surface area contributed by atoms with Gasteiger partial charge in [-0.15, -0.1) is 23.3 Å². The van der Waals surface area contributed by atoms with E-state index in [0.29, 0.717) is 6.42 Å². The highest BCUT2D eigenvalue weighted by atomic mass is 33.1. The van der Waals surface area contributed by atoms with E-state index in [-0.39, 0.29) is 5.78 Å². The van der Waals surface area contributed by atoms with Crippen molar-refractivity contribution in [1.82, 2.24) is 5.32 Å². The first-order valence-electron chi connectivity index (χ1n) is 7.69. The van der Waals surface area contributed by atoms with Crippen molar-refractivity contribution in [3.05, 3.63) is 23.3 Å². The highest BCUT2D eigenvalue weighted by molar-refractivity contribution is 8.59. The third kappa shape index (κ3) is 4.33. The first-order valence-corrected chi connectivity index (χ1v) is 9.29. The summed E-state index contributed by atoms with van der Waals surface area (Å²) in [6.07, 6.45) is 1.51. The van der Waals surface area contributed by atoms with Crippen LogP contribution in [0.15, 0.2) is 12.1 Å². The van der Waals surface area contributed by atoms with Crippen molar-refractivity contribution in [1.29, 1.82) is 0 Å². The topological polar surface area (TPSA) is 41.6 Å². The van der Waals surface area contributed by atoms with Gasteiger partial charge in [-0.1, -0.05) is 13.8 Å². The van der Waals surface area contributed by atoms with Crippen LogP contribution in [0.3, 0.4) is 0 Å². The molecule has 0 unspecified atom stereocenters. The average molecular weight is 343 g/mol. The highest BCUT2D eigenvalue weighted by Crippen LogP contribution is 2.35. The SMILES string of the molecule is CC.COc1cc2c(cc1N1CCNCC1)CCC2=O.SS. The van der Waals surface area contributed by atoms with Crippen molar-refractivity contribution >= 4 is 34.8 Å². The number of ketones is 1. The van der Waals surface area contributed by atoms with Crippen molar-refractivity contribution in [2.75, 3.05) is 38.2 Å². The van der Waals surface area contributed by atoms with E-state index in [4.69, 9.17) is 4.74 Å². The summed E-state index contributed by atoms with van der Waals surface area (Å²) in [4.78, 5) is 14.1. The van der Waals surface area contributed by atoms with Crippen LogP contribution in [0.25, 0.3) is 0 Å². The monoisotopic (exact) mass is 342 g/mol. The van der Waals surface area contributed by atoms with Crippen LogP contribution in [0.5, 0.6) is 5.75 Å². The number of rotatable bonds is 2. The van der Waals surface area contributed by atoms with Crippen molar-refractivity contribution in [2.24, 2.45) is 0 Å². The van der Waals surface area contributed by atoms with E-state index in [9.17, 15) is 4.79 Å². The summed E-state index contributed by atoms with van der Waals surface area (Å²) >= 11 is 6.44. The molecule has 0 atom stereocenters. The van der Waals surface area contributed by atoms with Gasteiger partial charge < -0.3 is 15.0 Å². The van der Waals surface area contributed by atoms with E-state index in [2.05, 4.69) is 39.6 Å². The molecule has 1 aliphatic carbocycles. The van der Waals surface area contributed by atoms with E-state index in [1.54, 1.807) is 7.11 Å². The summed E-state index contributed by atoms with van der Waals surface area (Å²) in [5, 5.41) is 3.34. The minimum atomic E-state index is 0.246. The molecule has 124 valence electrons. The molecular formula is C16H26N2O2S2. The standard InChI is InChI=1S/C14H18N2O2.C2H6.H2S2/c1-18-14-9-11-10(2-3-13(11)17)8-12(14)16-6-4-15-5-7-16;2*1-2/h8-9,15H,2-7H2,1H3;1-2H3;1-2H. The van der Waals surface area contributed by atoms with E-state index >= 15 is 0 Å². The summed E-state index contributed by atoms with van der Waals surface area (Å²) in [5.41, 5.74) is 3.16. The summed E-state index contributed by atoms with van der Waals surface area (Å²) in [6.45, 7) is 7.98. The number of carbonyl (C=O) groups is 1. The summed E-state index contributed by atoms with van der Waals surface area (Å²) < 4.78 is 5.46. The maximum Gasteiger partial charge on any atom is 0.163 e. The Hall–Kier alpha value is -0.850. The van der Waals surface area contributed by atoms with E-state index in [0.717, 1.165) is 49.6 Å². The van der Waals surface area contributed by atoms with Crippen LogP contribution in [-0.4, -0.2) is 39.1 Å². The minimum absolute atomic E-state index is 0.246. The van der Waals surface area contributed by atoms with Gasteiger partial charge in [0.2, 0.25) is 0 Å². The zero-order valence-electron chi connectivity index (χ0n) is 13.6. The molecule has 0 amide bonds. The molecule has 1 heterocycles. The van der Waals surface area contributed by atoms with Gasteiger partial charge >= 0.3 is 0 Å². The quantitative estimate of drug-likeness (QED) is 0.571. The van der Waals surface area contributed by atoms with Crippen LogP contribution in [0.1, 0.15) is 36.2 Å². The minimum Gasteiger partial charge on any atom is -0.495 e. The van der Waals surface area contributed by atoms with Gasteiger partial charge in [0, 0.05) is 38.2 Å². The van der Waals surface area contributed by atoms with Gasteiger partial charge in [-0.25, -0.2) is 0 Å². The number of ether oxygens (including phenoxy) is 1. The predicted octanol–water partition coefficient (Wildman–Crippen LogP) is 3.02. The maximum absolute atomic E-state index is 11.7. The molecule has 22 heavy (non-hydrogen) atoms. The lowest BCUT2D eigenvalue weighted by molar-refractivity contribution is 0.0994. The van der Waals surface area contributed by atoms with Gasteiger partial charge in [0.25, 0.3) is 0 Å². The lowest BCUT2D eigenvalue weighted by atomic mass is 10.1. The Bertz CT molecular complexity index is 489. The number of methoxy groups -OCH3 is 1. The van der Waals surface area contributed by atoms with Gasteiger partial charge in [-0.2, -0.15) is 0 Å². The Morgan fingerprint density at radius 3 is 2.36 bits per heavy atom. The highest BCUT2D eigenvalue weighted by Gasteiger charge is 2.24. The number of nitrogens with zero attached hydrogens (tertiary/aromatic N) is 1. The third-order valence-corrected chi connectivity index (χ3v) is 3.78. The first kappa shape index (κ1) is 19.2. The van der Waals surface area contributed by atoms with Crippen molar-refractivity contribution in [2.45, 2.75) is 26.7 Å². The molecule has 1 N–H and O–H groups in total. The van der Waals surface area contributed by atoms with Crippen LogP contribution < -0.4 is 15.0 Å². The van der Waals surface area contributed by atoms with E-state index < -0.39 is 0 Å². The summed E-state index contributed by atoms with van der Waals surface area (Å²) in [6, 6.07) is 4.06. The zero-order chi connectivity index (χ0) is 16.5. The number of benzene rings is 1. The van der Waals surface area contributed by atoms with Gasteiger partial charge in [0.15, 0.2) is 5.78 Å². The second-order valence-corrected chi connectivity index (χ2v) is 4.84. The number of nitrogens with one attached hydrogen (secondary N) is 1. The molecule has 0 bridgehead atoms. The molecule has 1 saturated heterocycles. The Kier molecular flexibility index (Phi) is 8.75. The smallest absolute Gasteiger partial charge is 0.163 e. The molecule has 6 heteroatoms. The molecule has 1 aromatic rings. The molecule has 0 radical (unpaired) electrons. The fourth-order valence-electron chi connectivity index (χ4n) is 2.78. The van der Waals surface area contributed by atoms with Crippen molar-refractivity contribution in [3.8, 4) is 5.75 Å². The first-order chi connectivity index (χ1) is 10.8. The van der Waals surface area contributed by atoms with Crippen LogP contribution in [0, 0.1) is 0 Å². The molecule has 0 spiro atoms. The molecule has 2 aliphatic rings. The van der Waals surface area contributed by atoms with Gasteiger partial charge in [0.05, 0.1) is 12.8 Å². The predicted molar refractivity (Wildman–Crippen MR) is 100 cm³/mol. The maximum atomic E-state index is 11.7. The second kappa shape index (κ2) is 10.0. The fourth-order valence-corrected chi connectivity index (χ4v) is 2.78. The number of aryl methyl sites for hydroxylation is 1.